The molecular weight excluding hydrogens is 259 g/mol. The molecule has 1 rings (SSSR count). The Morgan fingerprint density at radius 2 is 2.00 bits per heavy atom. The van der Waals surface area contributed by atoms with Crippen LogP contribution >= 0.6 is 0 Å². The van der Waals surface area contributed by atoms with Gasteiger partial charge in [0.05, 0.1) is 23.5 Å². The average molecular weight is 275 g/mol. The summed E-state index contributed by atoms with van der Waals surface area (Å²) in [5, 5.41) is 5.34. The molecule has 7 heteroatoms. The lowest BCUT2D eigenvalue weighted by molar-refractivity contribution is -0.137. The van der Waals surface area contributed by atoms with Crippen LogP contribution in [0, 0.1) is 0 Å². The van der Waals surface area contributed by atoms with Gasteiger partial charge < -0.3 is 16.4 Å². The second kappa shape index (κ2) is 5.81. The van der Waals surface area contributed by atoms with Crippen molar-refractivity contribution in [3.8, 4) is 0 Å². The number of hydrogen-bond acceptors (Lipinski definition) is 3. The third-order valence-corrected chi connectivity index (χ3v) is 2.27. The molecule has 0 saturated carbocycles. The van der Waals surface area contributed by atoms with Crippen LogP contribution in [0.5, 0.6) is 0 Å². The number of carbonyl (C=O) groups excluding carboxylic acids is 1. The molecule has 0 saturated heterocycles. The van der Waals surface area contributed by atoms with Gasteiger partial charge in [-0.25, -0.2) is 0 Å². The van der Waals surface area contributed by atoms with Gasteiger partial charge >= 0.3 is 6.18 Å². The smallest absolute Gasteiger partial charge is 0.397 e. The van der Waals surface area contributed by atoms with Crippen LogP contribution in [0.3, 0.4) is 0 Å². The molecular formula is C12H16F3N3O. The molecule has 0 aliphatic carbocycles. The number of alkyl halides is 3. The minimum atomic E-state index is -4.43. The summed E-state index contributed by atoms with van der Waals surface area (Å²) in [7, 11) is 0. The number of amides is 1. The molecule has 0 aliphatic rings. The third-order valence-electron chi connectivity index (χ3n) is 2.27. The van der Waals surface area contributed by atoms with Crippen LogP contribution in [0.4, 0.5) is 24.5 Å². The van der Waals surface area contributed by atoms with Crippen LogP contribution in [0.25, 0.3) is 0 Å². The van der Waals surface area contributed by atoms with Crippen molar-refractivity contribution in [3.05, 3.63) is 23.8 Å². The van der Waals surface area contributed by atoms with Crippen molar-refractivity contribution < 1.29 is 18.0 Å². The first-order valence-electron chi connectivity index (χ1n) is 5.70. The molecule has 106 valence electrons. The van der Waals surface area contributed by atoms with Gasteiger partial charge in [0.25, 0.3) is 0 Å². The van der Waals surface area contributed by atoms with E-state index in [9.17, 15) is 18.0 Å². The lowest BCUT2D eigenvalue weighted by Gasteiger charge is -2.13. The lowest BCUT2D eigenvalue weighted by Crippen LogP contribution is -2.34. The van der Waals surface area contributed by atoms with Crippen molar-refractivity contribution >= 4 is 17.3 Å². The summed E-state index contributed by atoms with van der Waals surface area (Å²) in [6.45, 7) is 3.57. The van der Waals surface area contributed by atoms with E-state index in [0.717, 1.165) is 12.1 Å². The Hall–Kier alpha value is -1.92. The molecule has 0 fully saturated rings. The third kappa shape index (κ3) is 4.69. The summed E-state index contributed by atoms with van der Waals surface area (Å²) in [6.07, 6.45) is -4.43. The Bertz CT molecular complexity index is 458. The van der Waals surface area contributed by atoms with Crippen LogP contribution in [0.15, 0.2) is 18.2 Å². The van der Waals surface area contributed by atoms with Gasteiger partial charge in [-0.3, -0.25) is 4.79 Å². The van der Waals surface area contributed by atoms with E-state index in [1.165, 1.54) is 6.07 Å². The maximum Gasteiger partial charge on any atom is 0.416 e. The van der Waals surface area contributed by atoms with Crippen molar-refractivity contribution in [2.24, 2.45) is 0 Å². The molecule has 1 aromatic carbocycles. The van der Waals surface area contributed by atoms with Crippen LogP contribution < -0.4 is 16.4 Å². The standard InChI is InChI=1S/C12H16F3N3O/c1-7(2)18-11(19)6-17-10-4-3-8(5-9(10)16)12(13,14)15/h3-5,7,17H,6,16H2,1-2H3,(H,18,19). The van der Waals surface area contributed by atoms with Crippen molar-refractivity contribution in [1.29, 1.82) is 0 Å². The number of halogens is 3. The van der Waals surface area contributed by atoms with E-state index < -0.39 is 11.7 Å². The first kappa shape index (κ1) is 15.1. The fourth-order valence-electron chi connectivity index (χ4n) is 1.45. The molecule has 1 aromatic rings. The maximum atomic E-state index is 12.4. The van der Waals surface area contributed by atoms with E-state index >= 15 is 0 Å². The molecule has 0 bridgehead atoms. The number of rotatable bonds is 4. The Balaban J connectivity index is 2.68. The van der Waals surface area contributed by atoms with Gasteiger partial charge in [0.15, 0.2) is 0 Å². The Kier molecular flexibility index (Phi) is 4.63. The number of nitrogens with one attached hydrogen (secondary N) is 2. The van der Waals surface area contributed by atoms with E-state index in [-0.39, 0.29) is 24.2 Å². The molecule has 0 spiro atoms. The summed E-state index contributed by atoms with van der Waals surface area (Å²) in [4.78, 5) is 11.4. The predicted octanol–water partition coefficient (Wildman–Crippen LogP) is 2.22. The van der Waals surface area contributed by atoms with Crippen molar-refractivity contribution in [3.63, 3.8) is 0 Å². The zero-order valence-electron chi connectivity index (χ0n) is 10.6. The molecule has 0 aromatic heterocycles. The zero-order chi connectivity index (χ0) is 14.6. The van der Waals surface area contributed by atoms with Gasteiger partial charge in [0.2, 0.25) is 5.91 Å². The number of anilines is 2. The highest BCUT2D eigenvalue weighted by molar-refractivity contribution is 5.82. The number of carbonyl (C=O) groups is 1. The number of nitrogens with two attached hydrogens (primary N) is 1. The number of nitrogen functional groups attached to an aromatic ring is 1. The quantitative estimate of drug-likeness (QED) is 0.738. The number of benzene rings is 1. The van der Waals surface area contributed by atoms with Crippen LogP contribution in [-0.2, 0) is 11.0 Å². The topological polar surface area (TPSA) is 67.2 Å². The molecule has 0 radical (unpaired) electrons. The van der Waals surface area contributed by atoms with Gasteiger partial charge in [0.1, 0.15) is 0 Å². The largest absolute Gasteiger partial charge is 0.416 e. The molecule has 0 aliphatic heterocycles. The molecule has 0 heterocycles. The predicted molar refractivity (Wildman–Crippen MR) is 67.6 cm³/mol. The highest BCUT2D eigenvalue weighted by atomic mass is 19.4. The molecule has 4 nitrogen and oxygen atoms in total. The van der Waals surface area contributed by atoms with Gasteiger partial charge in [-0.05, 0) is 32.0 Å². The van der Waals surface area contributed by atoms with Gasteiger partial charge in [-0.2, -0.15) is 13.2 Å². The van der Waals surface area contributed by atoms with E-state index in [1.807, 2.05) is 13.8 Å². The van der Waals surface area contributed by atoms with Crippen LogP contribution in [0.2, 0.25) is 0 Å². The SMILES string of the molecule is CC(C)NC(=O)CNc1ccc(C(F)(F)F)cc1N. The Morgan fingerprint density at radius 1 is 1.37 bits per heavy atom. The van der Waals surface area contributed by atoms with Gasteiger partial charge in [0, 0.05) is 6.04 Å². The Labute approximate surface area is 109 Å². The molecule has 1 amide bonds. The van der Waals surface area contributed by atoms with E-state index in [4.69, 9.17) is 5.73 Å². The van der Waals surface area contributed by atoms with Crippen LogP contribution in [-0.4, -0.2) is 18.5 Å². The summed E-state index contributed by atoms with van der Waals surface area (Å²) in [5.41, 5.74) is 4.94. The molecule has 0 unspecified atom stereocenters. The minimum absolute atomic E-state index is 0.000692. The highest BCUT2D eigenvalue weighted by Gasteiger charge is 2.30. The highest BCUT2D eigenvalue weighted by Crippen LogP contribution is 2.32. The number of hydrogen-bond donors (Lipinski definition) is 3. The maximum absolute atomic E-state index is 12.4. The van der Waals surface area contributed by atoms with Gasteiger partial charge in [-0.15, -0.1) is 0 Å². The van der Waals surface area contributed by atoms with Gasteiger partial charge in [-0.1, -0.05) is 0 Å². The first-order valence-corrected chi connectivity index (χ1v) is 5.70. The minimum Gasteiger partial charge on any atom is -0.397 e. The average Bonchev–Trinajstić information content (AvgIpc) is 2.25. The monoisotopic (exact) mass is 275 g/mol. The fraction of sp³-hybridized carbons (Fsp3) is 0.417. The summed E-state index contributed by atoms with van der Waals surface area (Å²) in [6, 6.07) is 2.96. The lowest BCUT2D eigenvalue weighted by atomic mass is 10.1. The molecule has 4 N–H and O–H groups in total. The summed E-state index contributed by atoms with van der Waals surface area (Å²) in [5.74, 6) is -0.255. The second-order valence-corrected chi connectivity index (χ2v) is 4.38. The van der Waals surface area contributed by atoms with Crippen molar-refractivity contribution in [2.45, 2.75) is 26.1 Å². The molecule has 19 heavy (non-hydrogen) atoms. The normalized spacial score (nSPS) is 11.5. The van der Waals surface area contributed by atoms with Crippen molar-refractivity contribution in [2.75, 3.05) is 17.6 Å². The second-order valence-electron chi connectivity index (χ2n) is 4.38. The first-order chi connectivity index (χ1) is 8.70. The fourth-order valence-corrected chi connectivity index (χ4v) is 1.45. The molecule has 0 atom stereocenters. The van der Waals surface area contributed by atoms with E-state index in [0.29, 0.717) is 5.69 Å². The van der Waals surface area contributed by atoms with E-state index in [1.54, 1.807) is 0 Å². The van der Waals surface area contributed by atoms with Crippen LogP contribution in [0.1, 0.15) is 19.4 Å². The summed E-state index contributed by atoms with van der Waals surface area (Å²) >= 11 is 0. The zero-order valence-corrected chi connectivity index (χ0v) is 10.6. The Morgan fingerprint density at radius 3 is 2.47 bits per heavy atom. The van der Waals surface area contributed by atoms with E-state index in [2.05, 4.69) is 10.6 Å². The summed E-state index contributed by atoms with van der Waals surface area (Å²) < 4.78 is 37.3. The van der Waals surface area contributed by atoms with Crippen molar-refractivity contribution in [1.82, 2.24) is 5.32 Å².